The monoisotopic (exact) mass is 582 g/mol. The zero-order chi connectivity index (χ0) is 29.7. The van der Waals surface area contributed by atoms with Gasteiger partial charge < -0.3 is 23.5 Å². The average molecular weight is 583 g/mol. The fourth-order valence-electron chi connectivity index (χ4n) is 8.44. The summed E-state index contributed by atoms with van der Waals surface area (Å²) in [6, 6.07) is 14.4. The van der Waals surface area contributed by atoms with E-state index in [0.29, 0.717) is 17.4 Å². The first-order valence-corrected chi connectivity index (χ1v) is 15.2. The number of esters is 1. The molecule has 2 aliphatic heterocycles. The normalized spacial score (nSPS) is 27.0. The summed E-state index contributed by atoms with van der Waals surface area (Å²) in [6.45, 7) is 3.35. The van der Waals surface area contributed by atoms with E-state index in [0.717, 1.165) is 67.6 Å². The molecule has 0 N–H and O–H groups in total. The molecule has 4 aliphatic rings. The van der Waals surface area contributed by atoms with Gasteiger partial charge in [0.1, 0.15) is 11.9 Å². The molecule has 2 aliphatic carbocycles. The number of benzene rings is 2. The van der Waals surface area contributed by atoms with Gasteiger partial charge in [-0.05, 0) is 62.3 Å². The van der Waals surface area contributed by atoms with Gasteiger partial charge >= 0.3 is 5.97 Å². The van der Waals surface area contributed by atoms with Crippen molar-refractivity contribution < 1.29 is 28.2 Å². The van der Waals surface area contributed by atoms with Gasteiger partial charge in [-0.15, -0.1) is 0 Å². The van der Waals surface area contributed by atoms with Crippen molar-refractivity contribution in [2.24, 2.45) is 5.92 Å². The molecule has 43 heavy (non-hydrogen) atoms. The molecule has 3 heterocycles. The molecule has 1 spiro atoms. The van der Waals surface area contributed by atoms with Gasteiger partial charge in [0.05, 0.1) is 25.7 Å². The molecule has 8 heteroatoms. The first-order chi connectivity index (χ1) is 20.9. The first kappa shape index (κ1) is 27.8. The van der Waals surface area contributed by atoms with Gasteiger partial charge in [0, 0.05) is 60.8 Å². The van der Waals surface area contributed by atoms with Gasteiger partial charge in [-0.1, -0.05) is 30.3 Å². The molecule has 1 saturated carbocycles. The fourth-order valence-corrected chi connectivity index (χ4v) is 8.44. The number of hydrogen-bond acceptors (Lipinski definition) is 7. The number of rotatable bonds is 8. The quantitative estimate of drug-likeness (QED) is 0.209. The van der Waals surface area contributed by atoms with Gasteiger partial charge in [-0.3, -0.25) is 14.5 Å². The van der Waals surface area contributed by atoms with Crippen molar-refractivity contribution in [1.82, 2.24) is 9.80 Å². The van der Waals surface area contributed by atoms with Crippen LogP contribution in [0.5, 0.6) is 17.2 Å². The third kappa shape index (κ3) is 4.54. The lowest BCUT2D eigenvalue weighted by Gasteiger charge is -2.60. The number of piperidine rings is 1. The number of furan rings is 1. The number of ether oxygens (including phenoxy) is 3. The van der Waals surface area contributed by atoms with Crippen LogP contribution in [0.25, 0.3) is 6.08 Å². The summed E-state index contributed by atoms with van der Waals surface area (Å²) in [7, 11) is 3.51. The van der Waals surface area contributed by atoms with Crippen LogP contribution in [0.4, 0.5) is 0 Å². The van der Waals surface area contributed by atoms with E-state index < -0.39 is 0 Å². The van der Waals surface area contributed by atoms with Gasteiger partial charge in [0.25, 0.3) is 0 Å². The molecule has 1 aromatic heterocycles. The molecule has 8 nitrogen and oxygen atoms in total. The number of carbonyl (C=O) groups is 2. The molecule has 0 unspecified atom stereocenters. The largest absolute Gasteiger partial charge is 0.493 e. The Morgan fingerprint density at radius 3 is 2.74 bits per heavy atom. The number of nitrogens with zero attached hydrogens (tertiary/aromatic N) is 2. The highest BCUT2D eigenvalue weighted by atomic mass is 16.5. The van der Waals surface area contributed by atoms with E-state index in [2.05, 4.69) is 35.2 Å². The minimum absolute atomic E-state index is 0.0685. The molecule has 7 rings (SSSR count). The summed E-state index contributed by atoms with van der Waals surface area (Å²) in [5, 5.41) is 0. The van der Waals surface area contributed by atoms with Crippen LogP contribution in [-0.4, -0.2) is 67.1 Å². The molecule has 3 aromatic rings. The minimum atomic E-state index is -0.351. The van der Waals surface area contributed by atoms with Crippen LogP contribution in [0.15, 0.2) is 65.5 Å². The lowest BCUT2D eigenvalue weighted by Crippen LogP contribution is -2.69. The number of methoxy groups -OCH3 is 1. The Kier molecular flexibility index (Phi) is 7.04. The molecular formula is C35H38N2O6. The van der Waals surface area contributed by atoms with E-state index >= 15 is 0 Å². The van der Waals surface area contributed by atoms with Crippen LogP contribution in [0.2, 0.25) is 0 Å². The molecular weight excluding hydrogens is 544 g/mol. The number of amides is 1. The van der Waals surface area contributed by atoms with Crippen molar-refractivity contribution in [2.75, 3.05) is 27.2 Å². The van der Waals surface area contributed by atoms with Gasteiger partial charge in [-0.2, -0.15) is 0 Å². The summed E-state index contributed by atoms with van der Waals surface area (Å²) in [5.41, 5.74) is 4.07. The molecule has 2 fully saturated rings. The maximum absolute atomic E-state index is 13.5. The third-order valence-electron chi connectivity index (χ3n) is 10.3. The SMILES string of the molecule is COc1cc(OC(C)=O)c2c3c1O[C@H]1[C@@H](N(C)C(=O)/C=C/c4ccoc4)CC[C@H]4[C@@H](C2)N(CCc2ccccc2)CC[C@@]341. The minimum Gasteiger partial charge on any atom is -0.493 e. The van der Waals surface area contributed by atoms with Crippen molar-refractivity contribution in [3.8, 4) is 17.2 Å². The molecule has 2 bridgehead atoms. The predicted molar refractivity (Wildman–Crippen MR) is 161 cm³/mol. The Balaban J connectivity index is 1.27. The average Bonchev–Trinajstić information content (AvgIpc) is 3.65. The second kappa shape index (κ2) is 10.9. The smallest absolute Gasteiger partial charge is 0.308 e. The molecule has 1 saturated heterocycles. The molecule has 2 aromatic carbocycles. The predicted octanol–water partition coefficient (Wildman–Crippen LogP) is 5.04. The molecule has 5 atom stereocenters. The van der Waals surface area contributed by atoms with Crippen LogP contribution < -0.4 is 14.2 Å². The number of hydrogen-bond donors (Lipinski definition) is 0. The standard InChI is InChI=1S/C35H38N2O6/c1-22(38)42-29-20-30(40-3)33-32-25(29)19-28-26-10-11-27(36(2)31(39)12-9-24-14-18-41-21-24)34(43-33)35(26,32)15-17-37(28)16-13-23-7-5-4-6-8-23/h4-9,12,14,18,20-21,26-28,34H,10-11,13,15-17,19H2,1-3H3/b12-9+/t26-,27-,28+,34-,35-/m0/s1. The van der Waals surface area contributed by atoms with Crippen molar-refractivity contribution in [2.45, 2.75) is 62.6 Å². The Morgan fingerprint density at radius 1 is 1.16 bits per heavy atom. The molecule has 224 valence electrons. The highest BCUT2D eigenvalue weighted by Crippen LogP contribution is 2.65. The van der Waals surface area contributed by atoms with Crippen molar-refractivity contribution in [3.63, 3.8) is 0 Å². The van der Waals surface area contributed by atoms with Gasteiger partial charge in [-0.25, -0.2) is 0 Å². The van der Waals surface area contributed by atoms with Crippen molar-refractivity contribution in [3.05, 3.63) is 83.3 Å². The topological polar surface area (TPSA) is 81.5 Å². The summed E-state index contributed by atoms with van der Waals surface area (Å²) in [4.78, 5) is 30.2. The fraction of sp³-hybridized carbons (Fsp3) is 0.429. The van der Waals surface area contributed by atoms with Gasteiger partial charge in [0.15, 0.2) is 11.5 Å². The van der Waals surface area contributed by atoms with Crippen LogP contribution in [0.3, 0.4) is 0 Å². The van der Waals surface area contributed by atoms with E-state index in [-0.39, 0.29) is 35.5 Å². The van der Waals surface area contributed by atoms with Crippen LogP contribution in [0, 0.1) is 5.92 Å². The van der Waals surface area contributed by atoms with E-state index in [1.807, 2.05) is 24.1 Å². The summed E-state index contributed by atoms with van der Waals surface area (Å²) in [5.74, 6) is 1.83. The summed E-state index contributed by atoms with van der Waals surface area (Å²) >= 11 is 0. The van der Waals surface area contributed by atoms with Crippen LogP contribution in [-0.2, 0) is 27.8 Å². The number of carbonyl (C=O) groups excluding carboxylic acids is 2. The van der Waals surface area contributed by atoms with E-state index in [9.17, 15) is 9.59 Å². The highest BCUT2D eigenvalue weighted by molar-refractivity contribution is 5.92. The maximum atomic E-state index is 13.5. The Bertz CT molecular complexity index is 1550. The Morgan fingerprint density at radius 2 is 2.00 bits per heavy atom. The molecule has 0 radical (unpaired) electrons. The first-order valence-electron chi connectivity index (χ1n) is 15.2. The lowest BCUT2D eigenvalue weighted by molar-refractivity contribution is -0.135. The van der Waals surface area contributed by atoms with Crippen LogP contribution >= 0.6 is 0 Å². The zero-order valence-corrected chi connectivity index (χ0v) is 25.0. The summed E-state index contributed by atoms with van der Waals surface area (Å²) < 4.78 is 23.8. The third-order valence-corrected chi connectivity index (χ3v) is 10.3. The van der Waals surface area contributed by atoms with Crippen molar-refractivity contribution >= 4 is 18.0 Å². The van der Waals surface area contributed by atoms with Gasteiger partial charge in [0.2, 0.25) is 5.91 Å². The maximum Gasteiger partial charge on any atom is 0.308 e. The number of likely N-dealkylation sites (N-methyl/N-ethyl adjacent to an activating group) is 1. The Hall–Kier alpha value is -4.04. The van der Waals surface area contributed by atoms with E-state index in [1.165, 1.54) is 12.5 Å². The second-order valence-corrected chi connectivity index (χ2v) is 12.3. The number of likely N-dealkylation sites (tertiary alicyclic amines) is 1. The highest BCUT2D eigenvalue weighted by Gasteiger charge is 2.67. The summed E-state index contributed by atoms with van der Waals surface area (Å²) in [6.07, 6.45) is 10.9. The lowest BCUT2D eigenvalue weighted by atomic mass is 9.50. The van der Waals surface area contributed by atoms with Crippen molar-refractivity contribution in [1.29, 1.82) is 0 Å². The van der Waals surface area contributed by atoms with E-state index in [4.69, 9.17) is 18.6 Å². The van der Waals surface area contributed by atoms with E-state index in [1.54, 1.807) is 31.8 Å². The Labute approximate surface area is 252 Å². The second-order valence-electron chi connectivity index (χ2n) is 12.3. The van der Waals surface area contributed by atoms with Crippen LogP contribution in [0.1, 0.15) is 48.4 Å². The zero-order valence-electron chi connectivity index (χ0n) is 25.0. The molecule has 1 amide bonds.